The SMILES string of the molecule is O=C(NCc1cccnc1)C1(C(=O)Nc2ccccc2F)CC1. The molecule has 0 radical (unpaired) electrons. The number of halogens is 1. The van der Waals surface area contributed by atoms with E-state index in [2.05, 4.69) is 15.6 Å². The lowest BCUT2D eigenvalue weighted by molar-refractivity contribution is -0.134. The molecular weight excluding hydrogens is 297 g/mol. The van der Waals surface area contributed by atoms with Crippen LogP contribution in [0.1, 0.15) is 18.4 Å². The van der Waals surface area contributed by atoms with E-state index in [1.54, 1.807) is 30.6 Å². The van der Waals surface area contributed by atoms with Crippen LogP contribution in [0.15, 0.2) is 48.8 Å². The molecule has 0 spiro atoms. The first-order valence-corrected chi connectivity index (χ1v) is 7.35. The predicted molar refractivity (Wildman–Crippen MR) is 82.8 cm³/mol. The summed E-state index contributed by atoms with van der Waals surface area (Å²) in [6, 6.07) is 9.51. The third kappa shape index (κ3) is 3.21. The lowest BCUT2D eigenvalue weighted by atomic mass is 10.0. The molecule has 1 heterocycles. The van der Waals surface area contributed by atoms with Gasteiger partial charge in [-0.2, -0.15) is 0 Å². The molecule has 23 heavy (non-hydrogen) atoms. The number of nitrogens with one attached hydrogen (secondary N) is 2. The van der Waals surface area contributed by atoms with Crippen molar-refractivity contribution in [2.75, 3.05) is 5.32 Å². The quantitative estimate of drug-likeness (QED) is 0.832. The molecule has 1 aromatic heterocycles. The molecule has 1 aromatic carbocycles. The summed E-state index contributed by atoms with van der Waals surface area (Å²) < 4.78 is 13.6. The highest BCUT2D eigenvalue weighted by Crippen LogP contribution is 2.47. The minimum Gasteiger partial charge on any atom is -0.351 e. The van der Waals surface area contributed by atoms with Gasteiger partial charge in [0.2, 0.25) is 11.8 Å². The highest BCUT2D eigenvalue weighted by molar-refractivity contribution is 6.13. The second-order valence-corrected chi connectivity index (χ2v) is 5.56. The van der Waals surface area contributed by atoms with Crippen LogP contribution in [0.4, 0.5) is 10.1 Å². The maximum Gasteiger partial charge on any atom is 0.240 e. The first kappa shape index (κ1) is 15.1. The van der Waals surface area contributed by atoms with Crippen molar-refractivity contribution in [1.29, 1.82) is 0 Å². The number of carbonyl (C=O) groups is 2. The van der Waals surface area contributed by atoms with Crippen molar-refractivity contribution in [3.63, 3.8) is 0 Å². The highest BCUT2D eigenvalue weighted by Gasteiger charge is 2.56. The molecule has 1 fully saturated rings. The minimum absolute atomic E-state index is 0.0869. The van der Waals surface area contributed by atoms with Crippen LogP contribution in [0.2, 0.25) is 0 Å². The van der Waals surface area contributed by atoms with Gasteiger partial charge in [-0.05, 0) is 36.6 Å². The number of aromatic nitrogens is 1. The monoisotopic (exact) mass is 313 g/mol. The first-order valence-electron chi connectivity index (χ1n) is 7.35. The Hall–Kier alpha value is -2.76. The molecule has 1 aliphatic carbocycles. The molecule has 3 rings (SSSR count). The zero-order chi connectivity index (χ0) is 16.3. The number of amides is 2. The van der Waals surface area contributed by atoms with E-state index >= 15 is 0 Å². The van der Waals surface area contributed by atoms with Gasteiger partial charge >= 0.3 is 0 Å². The van der Waals surface area contributed by atoms with E-state index in [1.165, 1.54) is 12.1 Å². The second-order valence-electron chi connectivity index (χ2n) is 5.56. The molecule has 0 bridgehead atoms. The fourth-order valence-corrected chi connectivity index (χ4v) is 2.34. The third-order valence-electron chi connectivity index (χ3n) is 3.92. The second kappa shape index (κ2) is 6.16. The van der Waals surface area contributed by atoms with Gasteiger partial charge in [0.05, 0.1) is 5.69 Å². The molecule has 1 aliphatic rings. The van der Waals surface area contributed by atoms with Crippen molar-refractivity contribution < 1.29 is 14.0 Å². The lowest BCUT2D eigenvalue weighted by Gasteiger charge is -2.15. The Morgan fingerprint density at radius 2 is 1.91 bits per heavy atom. The average Bonchev–Trinajstić information content (AvgIpc) is 3.38. The summed E-state index contributed by atoms with van der Waals surface area (Å²) in [6.07, 6.45) is 4.23. The first-order chi connectivity index (χ1) is 11.1. The van der Waals surface area contributed by atoms with Gasteiger partial charge in [0.1, 0.15) is 11.2 Å². The number of pyridine rings is 1. The molecular formula is C17H16FN3O2. The van der Waals surface area contributed by atoms with Crippen LogP contribution in [-0.2, 0) is 16.1 Å². The van der Waals surface area contributed by atoms with Crippen LogP contribution in [-0.4, -0.2) is 16.8 Å². The van der Waals surface area contributed by atoms with E-state index in [9.17, 15) is 14.0 Å². The molecule has 0 saturated heterocycles. The van der Waals surface area contributed by atoms with E-state index in [4.69, 9.17) is 0 Å². The van der Waals surface area contributed by atoms with Gasteiger partial charge in [0.15, 0.2) is 0 Å². The molecule has 2 amide bonds. The van der Waals surface area contributed by atoms with Gasteiger partial charge in [-0.15, -0.1) is 0 Å². The molecule has 1 saturated carbocycles. The number of anilines is 1. The van der Waals surface area contributed by atoms with Gasteiger partial charge in [0.25, 0.3) is 0 Å². The molecule has 2 N–H and O–H groups in total. The Kier molecular flexibility index (Phi) is 4.06. The van der Waals surface area contributed by atoms with Gasteiger partial charge in [-0.3, -0.25) is 14.6 Å². The summed E-state index contributed by atoms with van der Waals surface area (Å²) in [6.45, 7) is 0.307. The fraction of sp³-hybridized carbons (Fsp3) is 0.235. The van der Waals surface area contributed by atoms with Crippen LogP contribution < -0.4 is 10.6 Å². The van der Waals surface area contributed by atoms with Crippen LogP contribution >= 0.6 is 0 Å². The van der Waals surface area contributed by atoms with E-state index in [0.29, 0.717) is 19.4 Å². The largest absolute Gasteiger partial charge is 0.351 e. The van der Waals surface area contributed by atoms with Crippen molar-refractivity contribution in [3.05, 3.63) is 60.2 Å². The number of rotatable bonds is 5. The Morgan fingerprint density at radius 3 is 2.57 bits per heavy atom. The van der Waals surface area contributed by atoms with Gasteiger partial charge in [-0.1, -0.05) is 18.2 Å². The molecule has 2 aromatic rings. The van der Waals surface area contributed by atoms with E-state index in [1.807, 2.05) is 6.07 Å². The van der Waals surface area contributed by atoms with Crippen molar-refractivity contribution in [2.45, 2.75) is 19.4 Å². The van der Waals surface area contributed by atoms with Gasteiger partial charge in [0, 0.05) is 18.9 Å². The summed E-state index contributed by atoms with van der Waals surface area (Å²) in [5.41, 5.74) is -0.153. The van der Waals surface area contributed by atoms with Crippen molar-refractivity contribution >= 4 is 17.5 Å². The number of benzene rings is 1. The number of hydrogen-bond acceptors (Lipinski definition) is 3. The van der Waals surface area contributed by atoms with Crippen molar-refractivity contribution in [2.24, 2.45) is 5.41 Å². The summed E-state index contributed by atoms with van der Waals surface area (Å²) in [4.78, 5) is 28.7. The summed E-state index contributed by atoms with van der Waals surface area (Å²) in [5, 5.41) is 5.25. The molecule has 0 aliphatic heterocycles. The van der Waals surface area contributed by atoms with Crippen molar-refractivity contribution in [3.8, 4) is 0 Å². The molecule has 0 atom stereocenters. The third-order valence-corrected chi connectivity index (χ3v) is 3.92. The Labute approximate surface area is 132 Å². The zero-order valence-corrected chi connectivity index (χ0v) is 12.4. The van der Waals surface area contributed by atoms with Gasteiger partial charge in [-0.25, -0.2) is 4.39 Å². The van der Waals surface area contributed by atoms with Crippen molar-refractivity contribution in [1.82, 2.24) is 10.3 Å². The number of carbonyl (C=O) groups excluding carboxylic acids is 2. The molecule has 6 heteroatoms. The van der Waals surface area contributed by atoms with E-state index in [0.717, 1.165) is 5.56 Å². The Bertz CT molecular complexity index is 730. The van der Waals surface area contributed by atoms with Crippen LogP contribution in [0, 0.1) is 11.2 Å². The Morgan fingerprint density at radius 1 is 1.13 bits per heavy atom. The van der Waals surface area contributed by atoms with Crippen LogP contribution in [0.25, 0.3) is 0 Å². The fourth-order valence-electron chi connectivity index (χ4n) is 2.34. The number of nitrogens with zero attached hydrogens (tertiary/aromatic N) is 1. The van der Waals surface area contributed by atoms with E-state index in [-0.39, 0.29) is 11.6 Å². The highest BCUT2D eigenvalue weighted by atomic mass is 19.1. The zero-order valence-electron chi connectivity index (χ0n) is 12.4. The van der Waals surface area contributed by atoms with Gasteiger partial charge < -0.3 is 10.6 Å². The standard InChI is InChI=1S/C17H16FN3O2/c18-13-5-1-2-6-14(13)21-16(23)17(7-8-17)15(22)20-11-12-4-3-9-19-10-12/h1-6,9-10H,7-8,11H2,(H,20,22)(H,21,23). The number of hydrogen-bond donors (Lipinski definition) is 2. The summed E-state index contributed by atoms with van der Waals surface area (Å²) >= 11 is 0. The summed E-state index contributed by atoms with van der Waals surface area (Å²) in [5.74, 6) is -1.33. The predicted octanol–water partition coefficient (Wildman–Crippen LogP) is 2.26. The van der Waals surface area contributed by atoms with E-state index < -0.39 is 17.1 Å². The minimum atomic E-state index is -1.09. The molecule has 0 unspecified atom stereocenters. The maximum absolute atomic E-state index is 13.6. The number of para-hydroxylation sites is 1. The molecule has 5 nitrogen and oxygen atoms in total. The van der Waals surface area contributed by atoms with Crippen LogP contribution in [0.5, 0.6) is 0 Å². The maximum atomic E-state index is 13.6. The summed E-state index contributed by atoms with van der Waals surface area (Å²) in [7, 11) is 0. The smallest absolute Gasteiger partial charge is 0.240 e. The lowest BCUT2D eigenvalue weighted by Crippen LogP contribution is -2.39. The Balaban J connectivity index is 1.63. The molecule has 118 valence electrons. The normalized spacial score (nSPS) is 14.8. The average molecular weight is 313 g/mol. The van der Waals surface area contributed by atoms with Crippen LogP contribution in [0.3, 0.4) is 0 Å². The topological polar surface area (TPSA) is 71.1 Å².